The second-order valence-corrected chi connectivity index (χ2v) is 12.9. The number of carbonyl (C=O) groups excluding carboxylic acids is 1. The summed E-state index contributed by atoms with van der Waals surface area (Å²) in [7, 11) is -0.239. The molecule has 2 saturated heterocycles. The van der Waals surface area contributed by atoms with Gasteiger partial charge in [-0.1, -0.05) is 69.2 Å². The molecule has 0 N–H and O–H groups in total. The lowest BCUT2D eigenvalue weighted by atomic mass is 10.0. The van der Waals surface area contributed by atoms with Crippen molar-refractivity contribution in [1.29, 1.82) is 0 Å². The first-order valence-electron chi connectivity index (χ1n) is 8.59. The van der Waals surface area contributed by atoms with E-state index in [1.54, 1.807) is 18.1 Å². The molecule has 0 unspecified atom stereocenters. The van der Waals surface area contributed by atoms with Gasteiger partial charge in [-0.3, -0.25) is 0 Å². The van der Waals surface area contributed by atoms with Gasteiger partial charge in [0.15, 0.2) is 0 Å². The number of carbonyl (C=O) groups is 1. The molecule has 0 aromatic carbocycles. The van der Waals surface area contributed by atoms with Crippen molar-refractivity contribution in [3.8, 4) is 0 Å². The van der Waals surface area contributed by atoms with Crippen LogP contribution in [-0.2, 0) is 4.79 Å². The van der Waals surface area contributed by atoms with E-state index in [2.05, 4.69) is 6.92 Å². The van der Waals surface area contributed by atoms with Gasteiger partial charge in [0.05, 0.1) is 8.80 Å². The molecule has 4 heteroatoms. The molecule has 2 aliphatic rings. The van der Waals surface area contributed by atoms with Crippen LogP contribution in [0, 0.1) is 5.92 Å². The van der Waals surface area contributed by atoms with E-state index in [0.717, 1.165) is 18.4 Å². The largest absolute Gasteiger partial charge is 0.550 e. The highest BCUT2D eigenvalue weighted by Crippen LogP contribution is 2.40. The van der Waals surface area contributed by atoms with Gasteiger partial charge in [0, 0.05) is 14.8 Å². The Hall–Kier alpha value is -0.0962. The molecule has 0 bridgehead atoms. The lowest BCUT2D eigenvalue weighted by molar-refractivity contribution is -0.311. The summed E-state index contributed by atoms with van der Waals surface area (Å²) < 4.78 is 0. The number of aliphatic carboxylic acids is 1. The van der Waals surface area contributed by atoms with Gasteiger partial charge >= 0.3 is 0 Å². The molecule has 2 fully saturated rings. The van der Waals surface area contributed by atoms with Crippen molar-refractivity contribution >= 4 is 23.6 Å². The van der Waals surface area contributed by atoms with E-state index in [1.165, 1.54) is 44.2 Å². The van der Waals surface area contributed by atoms with Crippen LogP contribution in [0.5, 0.6) is 0 Å². The van der Waals surface area contributed by atoms with Crippen molar-refractivity contribution in [3.63, 3.8) is 0 Å². The third-order valence-electron chi connectivity index (χ3n) is 5.37. The van der Waals surface area contributed by atoms with Crippen LogP contribution in [0.4, 0.5) is 0 Å². The highest BCUT2D eigenvalue weighted by molar-refractivity contribution is 6.63. The van der Waals surface area contributed by atoms with E-state index >= 15 is 0 Å². The topological polar surface area (TPSA) is 40.1 Å². The summed E-state index contributed by atoms with van der Waals surface area (Å²) in [5.41, 5.74) is 1.02. The van der Waals surface area contributed by atoms with E-state index in [-0.39, 0.29) is 23.5 Å². The average molecular weight is 310 g/mol. The van der Waals surface area contributed by atoms with Crippen molar-refractivity contribution < 1.29 is 9.90 Å². The monoisotopic (exact) mass is 309 g/mol. The molecule has 0 aromatic rings. The van der Waals surface area contributed by atoms with Crippen LogP contribution < -0.4 is 5.11 Å². The first kappa shape index (κ1) is 16.3. The Morgan fingerprint density at radius 3 is 2.25 bits per heavy atom. The molecule has 0 aliphatic carbocycles. The average Bonchev–Trinajstić information content (AvgIpc) is 2.48. The molecule has 0 saturated carbocycles. The summed E-state index contributed by atoms with van der Waals surface area (Å²) in [4.78, 5) is 10.9. The van der Waals surface area contributed by atoms with Gasteiger partial charge < -0.3 is 9.90 Å². The van der Waals surface area contributed by atoms with Crippen molar-refractivity contribution in [2.24, 2.45) is 5.92 Å². The smallest absolute Gasteiger partial charge is 0.0512 e. The zero-order chi connectivity index (χ0) is 14.4. The van der Waals surface area contributed by atoms with Crippen LogP contribution in [0.15, 0.2) is 0 Å². The van der Waals surface area contributed by atoms with E-state index in [1.807, 2.05) is 0 Å². The number of hydrogen-bond donors (Lipinski definition) is 0. The maximum atomic E-state index is 10.9. The summed E-state index contributed by atoms with van der Waals surface area (Å²) in [6.45, 7) is 2.29. The van der Waals surface area contributed by atoms with Crippen LogP contribution >= 0.6 is 0 Å². The van der Waals surface area contributed by atoms with Gasteiger partial charge in [-0.2, -0.15) is 0 Å². The van der Waals surface area contributed by atoms with E-state index in [4.69, 9.17) is 0 Å². The van der Waals surface area contributed by atoms with Gasteiger partial charge in [-0.15, -0.1) is 0 Å². The van der Waals surface area contributed by atoms with Crippen molar-refractivity contribution in [3.05, 3.63) is 0 Å². The van der Waals surface area contributed by atoms with E-state index in [0.29, 0.717) is 0 Å². The minimum atomic E-state index is -0.795. The van der Waals surface area contributed by atoms with Gasteiger partial charge in [-0.05, 0) is 24.3 Å². The van der Waals surface area contributed by atoms with Gasteiger partial charge in [0.1, 0.15) is 0 Å². The van der Waals surface area contributed by atoms with Crippen LogP contribution in [0.3, 0.4) is 0 Å². The molecule has 2 heterocycles. The second kappa shape index (κ2) is 8.37. The van der Waals surface area contributed by atoms with Crippen LogP contribution in [0.1, 0.15) is 51.9 Å². The maximum absolute atomic E-state index is 10.9. The highest BCUT2D eigenvalue weighted by Gasteiger charge is 2.32. The minimum Gasteiger partial charge on any atom is -0.550 e. The van der Waals surface area contributed by atoms with Crippen LogP contribution in [0.2, 0.25) is 35.8 Å². The minimum absolute atomic E-state index is 0.00245. The molecule has 2 radical (unpaired) electrons. The molecule has 2 aliphatic heterocycles. The fourth-order valence-corrected chi connectivity index (χ4v) is 11.1. The quantitative estimate of drug-likeness (QED) is 0.556. The standard InChI is InChI=1S/C16H30O2Si2/c1-2-3-4-9-19-10-7-15(8-11-19)20-12-5-14(6-13-20)16(17)18/h14-15H,2-13H2,1H3,(H,17,18)/p-1. The molecule has 2 nitrogen and oxygen atoms in total. The fourth-order valence-electron chi connectivity index (χ4n) is 3.94. The number of carboxylic acids is 1. The summed E-state index contributed by atoms with van der Waals surface area (Å²) >= 11 is 0. The number of hydrogen-bond acceptors (Lipinski definition) is 2. The summed E-state index contributed by atoms with van der Waals surface area (Å²) in [5, 5.41) is 10.9. The molecular formula is C16H29O2Si2-. The molecular weight excluding hydrogens is 280 g/mol. The maximum Gasteiger partial charge on any atom is 0.0512 e. The summed E-state index contributed by atoms with van der Waals surface area (Å²) in [6, 6.07) is 7.14. The van der Waals surface area contributed by atoms with Crippen LogP contribution in [-0.4, -0.2) is 23.6 Å². The lowest BCUT2D eigenvalue weighted by Crippen LogP contribution is -2.37. The second-order valence-electron chi connectivity index (χ2n) is 6.73. The molecule has 0 amide bonds. The third-order valence-corrected chi connectivity index (χ3v) is 12.0. The Kier molecular flexibility index (Phi) is 6.81. The predicted octanol–water partition coefficient (Wildman–Crippen LogP) is 3.49. The normalized spacial score (nSPS) is 24.1. The Morgan fingerprint density at radius 1 is 1.05 bits per heavy atom. The molecule has 0 aromatic heterocycles. The number of carboxylic acid groups (broad SMARTS) is 1. The predicted molar refractivity (Wildman–Crippen MR) is 85.8 cm³/mol. The Labute approximate surface area is 127 Å². The Morgan fingerprint density at radius 2 is 1.70 bits per heavy atom. The Bertz CT molecular complexity index is 293. The lowest BCUT2D eigenvalue weighted by Gasteiger charge is -2.36. The highest BCUT2D eigenvalue weighted by atomic mass is 28.3. The molecule has 0 atom stereocenters. The van der Waals surface area contributed by atoms with E-state index in [9.17, 15) is 9.90 Å². The Balaban J connectivity index is 1.65. The SMILES string of the molecule is CCCCC[Si]1CCC([Si]2CCC(C(=O)[O-])CC2)CC1. The molecule has 0 spiro atoms. The molecule has 2 rings (SSSR count). The molecule has 20 heavy (non-hydrogen) atoms. The first-order valence-corrected chi connectivity index (χ1v) is 12.7. The summed E-state index contributed by atoms with van der Waals surface area (Å²) in [5.74, 6) is -0.919. The summed E-state index contributed by atoms with van der Waals surface area (Å²) in [6.07, 6.45) is 9.07. The van der Waals surface area contributed by atoms with Crippen molar-refractivity contribution in [1.82, 2.24) is 0 Å². The zero-order valence-corrected chi connectivity index (χ0v) is 15.0. The third kappa shape index (κ3) is 4.73. The van der Waals surface area contributed by atoms with Crippen molar-refractivity contribution in [2.75, 3.05) is 0 Å². The first-order chi connectivity index (χ1) is 9.70. The number of rotatable bonds is 6. The van der Waals surface area contributed by atoms with Crippen LogP contribution in [0.25, 0.3) is 0 Å². The zero-order valence-electron chi connectivity index (χ0n) is 13.0. The van der Waals surface area contributed by atoms with Gasteiger partial charge in [0.25, 0.3) is 0 Å². The number of unbranched alkanes of at least 4 members (excludes halogenated alkanes) is 2. The van der Waals surface area contributed by atoms with Gasteiger partial charge in [0.2, 0.25) is 0 Å². The fraction of sp³-hybridized carbons (Fsp3) is 0.938. The molecule has 114 valence electrons. The van der Waals surface area contributed by atoms with Gasteiger partial charge in [-0.25, -0.2) is 0 Å². The van der Waals surface area contributed by atoms with Crippen molar-refractivity contribution in [2.45, 2.75) is 87.6 Å². The van der Waals surface area contributed by atoms with E-state index < -0.39 is 5.97 Å².